The number of likely N-dealkylation sites (N-methyl/N-ethyl adjacent to an activating group) is 1. The van der Waals surface area contributed by atoms with Crippen LogP contribution >= 0.6 is 0 Å². The lowest BCUT2D eigenvalue weighted by Crippen LogP contribution is -2.56. The van der Waals surface area contributed by atoms with Crippen molar-refractivity contribution in [3.63, 3.8) is 0 Å². The SMILES string of the molecule is Cc1nc(-c2ccc(C(C)(C)C)cc2)nc(C)c1C(=O)NC(CCN)C(=O)N(C)C1C(=O)NC(C)C(=O)NC(C(=O)NCC(=N)C(C)C)Cc2cc(OCCN)c(O)c(c2)-c2cc1ccc2OCCN. The summed E-state index contributed by atoms with van der Waals surface area (Å²) in [5.41, 5.74) is 21.9. The zero-order chi connectivity index (χ0) is 51.6. The number of hydrogen-bond acceptors (Lipinski definition) is 14. The van der Waals surface area contributed by atoms with Crippen molar-refractivity contribution in [3.05, 3.63) is 88.2 Å². The van der Waals surface area contributed by atoms with Gasteiger partial charge in [-0.1, -0.05) is 65.0 Å². The van der Waals surface area contributed by atoms with E-state index in [-0.39, 0.29) is 109 Å². The van der Waals surface area contributed by atoms with Crippen molar-refractivity contribution in [2.45, 2.75) is 97.8 Å². The molecule has 1 aromatic heterocycles. The number of aromatic hydroxyl groups is 1. The Morgan fingerprint density at radius 1 is 0.886 bits per heavy atom. The number of nitrogens with zero attached hydrogens (tertiary/aromatic N) is 3. The Bertz CT molecular complexity index is 2550. The summed E-state index contributed by atoms with van der Waals surface area (Å²) in [6.45, 7) is 15.0. The number of amides is 5. The monoisotopic (exact) mass is 964 g/mol. The molecule has 0 aliphatic carbocycles. The Morgan fingerprint density at radius 2 is 1.51 bits per heavy atom. The Hall–Kier alpha value is -6.96. The van der Waals surface area contributed by atoms with E-state index in [1.807, 2.05) is 38.1 Å². The fraction of sp³-hybridized carbons (Fsp3) is 0.451. The number of hydrogen-bond donors (Lipinski definition) is 9. The summed E-state index contributed by atoms with van der Waals surface area (Å²) in [6.07, 6.45) is -0.129. The molecule has 0 saturated heterocycles. The van der Waals surface area contributed by atoms with Crippen LogP contribution in [0.5, 0.6) is 17.2 Å². The third kappa shape index (κ3) is 13.0. The van der Waals surface area contributed by atoms with Gasteiger partial charge in [-0.05, 0) is 86.0 Å². The highest BCUT2D eigenvalue weighted by Gasteiger charge is 2.37. The van der Waals surface area contributed by atoms with E-state index in [9.17, 15) is 29.1 Å². The van der Waals surface area contributed by atoms with Gasteiger partial charge in [0, 0.05) is 49.0 Å². The predicted molar refractivity (Wildman–Crippen MR) is 268 cm³/mol. The van der Waals surface area contributed by atoms with Gasteiger partial charge in [-0.3, -0.25) is 24.0 Å². The molecule has 376 valence electrons. The normalized spacial score (nSPS) is 16.6. The van der Waals surface area contributed by atoms with Gasteiger partial charge in [0.1, 0.15) is 43.1 Å². The number of fused-ring (bicyclic) bond motifs is 5. The molecule has 12 N–H and O–H groups in total. The number of carbonyl (C=O) groups excluding carboxylic acids is 5. The van der Waals surface area contributed by atoms with Crippen molar-refractivity contribution >= 4 is 35.2 Å². The standard InChI is InChI=1S/C51H69N11O8/c1-27(2)37(55)26-56-47(65)39-23-31-22-36(44(63)41(24-31)70-21-19-54)35-25-33(12-15-40(35)69-20-18-53)43(49(67)59-30(5)46(64)61-39)62(9)50(68)38(16-17-52)60-48(66)42-28(3)57-45(58-29(42)4)32-10-13-34(14-11-32)51(6,7)8/h10-15,22,24-25,27,30,38-39,43,55,63H,16-21,23,26,52-54H2,1-9H3,(H,56,65)(H,59,67)(H,60,66)(H,61,64). The van der Waals surface area contributed by atoms with Gasteiger partial charge in [0.15, 0.2) is 17.3 Å². The average Bonchev–Trinajstić information content (AvgIpc) is 3.31. The van der Waals surface area contributed by atoms with Crippen LogP contribution in [-0.4, -0.2) is 120 Å². The van der Waals surface area contributed by atoms with Gasteiger partial charge in [0.05, 0.1) is 23.5 Å². The second-order valence-electron chi connectivity index (χ2n) is 18.8. The minimum absolute atomic E-state index is 0.0157. The van der Waals surface area contributed by atoms with Gasteiger partial charge in [-0.15, -0.1) is 0 Å². The molecule has 0 radical (unpaired) electrons. The summed E-state index contributed by atoms with van der Waals surface area (Å²) in [4.78, 5) is 81.9. The van der Waals surface area contributed by atoms with E-state index in [4.69, 9.17) is 32.1 Å². The Labute approximate surface area is 409 Å². The first-order valence-electron chi connectivity index (χ1n) is 23.4. The van der Waals surface area contributed by atoms with E-state index >= 15 is 0 Å². The number of nitrogens with two attached hydrogens (primary N) is 3. The molecule has 1 aliphatic heterocycles. The number of phenols is 1. The van der Waals surface area contributed by atoms with Crippen LogP contribution in [0.4, 0.5) is 0 Å². The van der Waals surface area contributed by atoms with Crippen LogP contribution in [0, 0.1) is 25.2 Å². The van der Waals surface area contributed by atoms with Gasteiger partial charge in [0.2, 0.25) is 23.6 Å². The van der Waals surface area contributed by atoms with Crippen LogP contribution in [0.3, 0.4) is 0 Å². The second-order valence-corrected chi connectivity index (χ2v) is 18.8. The van der Waals surface area contributed by atoms with Crippen LogP contribution in [-0.2, 0) is 31.0 Å². The van der Waals surface area contributed by atoms with E-state index in [0.717, 1.165) is 16.0 Å². The van der Waals surface area contributed by atoms with Crippen LogP contribution in [0.1, 0.15) is 92.4 Å². The van der Waals surface area contributed by atoms with Crippen LogP contribution < -0.4 is 47.9 Å². The number of nitrogens with one attached hydrogen (secondary N) is 5. The average molecular weight is 964 g/mol. The maximum Gasteiger partial charge on any atom is 0.255 e. The maximum absolute atomic E-state index is 14.8. The summed E-state index contributed by atoms with van der Waals surface area (Å²) < 4.78 is 12.0. The Kier molecular flexibility index (Phi) is 18.2. The molecular weight excluding hydrogens is 895 g/mol. The van der Waals surface area contributed by atoms with Crippen molar-refractivity contribution in [1.82, 2.24) is 36.1 Å². The highest BCUT2D eigenvalue weighted by Crippen LogP contribution is 2.44. The number of rotatable bonds is 17. The maximum atomic E-state index is 14.8. The highest BCUT2D eigenvalue weighted by atomic mass is 16.5. The molecule has 70 heavy (non-hydrogen) atoms. The Balaban J connectivity index is 1.58. The second kappa shape index (κ2) is 23.6. The largest absolute Gasteiger partial charge is 0.504 e. The zero-order valence-electron chi connectivity index (χ0n) is 41.6. The molecule has 1 aliphatic rings. The van der Waals surface area contributed by atoms with E-state index in [0.29, 0.717) is 22.8 Å². The molecule has 4 unspecified atom stereocenters. The molecule has 4 atom stereocenters. The number of aromatic nitrogens is 2. The molecule has 0 spiro atoms. The molecule has 0 saturated carbocycles. The highest BCUT2D eigenvalue weighted by molar-refractivity contribution is 6.01. The van der Waals surface area contributed by atoms with Crippen LogP contribution in [0.2, 0.25) is 0 Å². The van der Waals surface area contributed by atoms with Crippen LogP contribution in [0.15, 0.2) is 54.6 Å². The molecular formula is C51H69N11O8. The predicted octanol–water partition coefficient (Wildman–Crippen LogP) is 3.09. The summed E-state index contributed by atoms with van der Waals surface area (Å²) in [6, 6.07) is 10.6. The first-order valence-corrected chi connectivity index (χ1v) is 23.4. The van der Waals surface area contributed by atoms with E-state index in [2.05, 4.69) is 52.0 Å². The minimum Gasteiger partial charge on any atom is -0.504 e. The van der Waals surface area contributed by atoms with Gasteiger partial charge in [-0.2, -0.15) is 0 Å². The van der Waals surface area contributed by atoms with Crippen molar-refractivity contribution in [1.29, 1.82) is 5.41 Å². The number of aryl methyl sites for hydroxylation is 2. The number of carbonyl (C=O) groups is 5. The molecule has 19 nitrogen and oxygen atoms in total. The first-order chi connectivity index (χ1) is 33.1. The molecule has 2 heterocycles. The molecule has 0 fully saturated rings. The van der Waals surface area contributed by atoms with Gasteiger partial charge >= 0.3 is 0 Å². The van der Waals surface area contributed by atoms with E-state index in [1.54, 1.807) is 38.1 Å². The third-order valence-electron chi connectivity index (χ3n) is 12.0. The Morgan fingerprint density at radius 3 is 2.10 bits per heavy atom. The molecule has 4 aromatic rings. The number of ether oxygens (including phenoxy) is 2. The van der Waals surface area contributed by atoms with Crippen molar-refractivity contribution in [3.8, 4) is 39.8 Å². The van der Waals surface area contributed by atoms with E-state index in [1.165, 1.54) is 20.0 Å². The minimum atomic E-state index is -1.47. The zero-order valence-corrected chi connectivity index (χ0v) is 41.6. The lowest BCUT2D eigenvalue weighted by atomic mass is 9.86. The van der Waals surface area contributed by atoms with Gasteiger partial charge in [0.25, 0.3) is 5.91 Å². The fourth-order valence-corrected chi connectivity index (χ4v) is 7.97. The topological polar surface area (TPSA) is 303 Å². The smallest absolute Gasteiger partial charge is 0.255 e. The number of benzene rings is 3. The molecule has 3 aromatic carbocycles. The van der Waals surface area contributed by atoms with Crippen LogP contribution in [0.25, 0.3) is 22.5 Å². The first kappa shape index (κ1) is 54.0. The van der Waals surface area contributed by atoms with Crippen molar-refractivity contribution < 1.29 is 38.6 Å². The molecule has 19 heteroatoms. The molecule has 5 amide bonds. The summed E-state index contributed by atoms with van der Waals surface area (Å²) in [5.74, 6) is -3.21. The lowest BCUT2D eigenvalue weighted by molar-refractivity contribution is -0.141. The van der Waals surface area contributed by atoms with Crippen molar-refractivity contribution in [2.24, 2.45) is 23.1 Å². The summed E-state index contributed by atoms with van der Waals surface area (Å²) in [7, 11) is 1.39. The number of phenolic OH excluding ortho intramolecular Hbond substituents is 1. The lowest BCUT2D eigenvalue weighted by Gasteiger charge is -2.32. The summed E-state index contributed by atoms with van der Waals surface area (Å²) in [5, 5.41) is 31.2. The summed E-state index contributed by atoms with van der Waals surface area (Å²) >= 11 is 0. The van der Waals surface area contributed by atoms with Crippen molar-refractivity contribution in [2.75, 3.05) is 46.4 Å². The fourth-order valence-electron chi connectivity index (χ4n) is 7.97. The molecule has 4 bridgehead atoms. The molecule has 5 rings (SSSR count). The third-order valence-corrected chi connectivity index (χ3v) is 12.0. The quantitative estimate of drug-likeness (QED) is 0.0689. The van der Waals surface area contributed by atoms with Gasteiger partial charge < -0.3 is 63.4 Å². The van der Waals surface area contributed by atoms with Gasteiger partial charge in [-0.25, -0.2) is 9.97 Å². The van der Waals surface area contributed by atoms with E-state index < -0.39 is 53.7 Å².